The van der Waals surface area contributed by atoms with E-state index in [1.807, 2.05) is 20.8 Å². The zero-order valence-corrected chi connectivity index (χ0v) is 9.54. The molecule has 0 aliphatic heterocycles. The first kappa shape index (κ1) is 14.2. The topological polar surface area (TPSA) is 82.8 Å². The predicted octanol–water partition coefficient (Wildman–Crippen LogP) is 0.418. The van der Waals surface area contributed by atoms with Crippen molar-refractivity contribution in [3.05, 3.63) is 0 Å². The Kier molecular flexibility index (Phi) is 7.02. The molecule has 0 spiro atoms. The molecular weight excluding hydrogens is 200 g/mol. The van der Waals surface area contributed by atoms with Crippen molar-refractivity contribution in [1.29, 1.82) is 0 Å². The molecule has 0 aromatic rings. The second-order valence-electron chi connectivity index (χ2n) is 3.91. The second kappa shape index (κ2) is 7.44. The minimum absolute atomic E-state index is 0.340. The maximum Gasteiger partial charge on any atom is 0.407 e. The number of hydrogen-bond acceptors (Lipinski definition) is 5. The van der Waals surface area contributed by atoms with E-state index in [0.717, 1.165) is 0 Å². The van der Waals surface area contributed by atoms with Gasteiger partial charge in [-0.2, -0.15) is 0 Å². The summed E-state index contributed by atoms with van der Waals surface area (Å²) in [5, 5.41) is 2.56. The summed E-state index contributed by atoms with van der Waals surface area (Å²) in [5.74, 6) is 4.79. The minimum Gasteiger partial charge on any atom is -0.444 e. The number of nitrogens with one attached hydrogen (secondary N) is 1. The van der Waals surface area contributed by atoms with Gasteiger partial charge in [0.25, 0.3) is 0 Å². The van der Waals surface area contributed by atoms with Crippen LogP contribution in [0.25, 0.3) is 0 Å². The third-order valence-corrected chi connectivity index (χ3v) is 1.26. The number of ether oxygens (including phenoxy) is 2. The lowest BCUT2D eigenvalue weighted by atomic mass is 10.2. The lowest BCUT2D eigenvalue weighted by molar-refractivity contribution is 0.0396. The fourth-order valence-electron chi connectivity index (χ4n) is 0.749. The van der Waals surface area contributed by atoms with Crippen molar-refractivity contribution < 1.29 is 19.1 Å². The molecule has 6 heteroatoms. The fraction of sp³-hybridized carbons (Fsp3) is 0.889. The first-order chi connectivity index (χ1) is 6.95. The molecule has 0 fully saturated rings. The van der Waals surface area contributed by atoms with Crippen molar-refractivity contribution in [2.75, 3.05) is 26.4 Å². The van der Waals surface area contributed by atoms with Crippen molar-refractivity contribution in [1.82, 2.24) is 5.32 Å². The van der Waals surface area contributed by atoms with Crippen LogP contribution in [0.5, 0.6) is 0 Å². The molecule has 0 heterocycles. The van der Waals surface area contributed by atoms with E-state index in [1.165, 1.54) is 0 Å². The smallest absolute Gasteiger partial charge is 0.407 e. The first-order valence-electron chi connectivity index (χ1n) is 4.82. The number of amides is 1. The summed E-state index contributed by atoms with van der Waals surface area (Å²) in [6.07, 6.45) is -0.443. The van der Waals surface area contributed by atoms with Crippen LogP contribution < -0.4 is 11.2 Å². The van der Waals surface area contributed by atoms with Crippen molar-refractivity contribution in [3.63, 3.8) is 0 Å². The highest BCUT2D eigenvalue weighted by Crippen LogP contribution is 2.05. The van der Waals surface area contributed by atoms with Crippen LogP contribution in [0, 0.1) is 0 Å². The van der Waals surface area contributed by atoms with E-state index in [-0.39, 0.29) is 0 Å². The van der Waals surface area contributed by atoms with Gasteiger partial charge in [-0.1, -0.05) is 0 Å². The molecule has 0 radical (unpaired) electrons. The van der Waals surface area contributed by atoms with Crippen LogP contribution in [-0.2, 0) is 14.3 Å². The Bertz CT molecular complexity index is 179. The average molecular weight is 220 g/mol. The molecule has 0 aromatic heterocycles. The summed E-state index contributed by atoms with van der Waals surface area (Å²) < 4.78 is 10.1. The van der Waals surface area contributed by atoms with E-state index in [0.29, 0.717) is 26.4 Å². The summed E-state index contributed by atoms with van der Waals surface area (Å²) >= 11 is 0. The van der Waals surface area contributed by atoms with Gasteiger partial charge in [0.05, 0.1) is 19.8 Å². The predicted molar refractivity (Wildman–Crippen MR) is 55.2 cm³/mol. The quantitative estimate of drug-likeness (QED) is 0.500. The molecular formula is C9H20N2O4. The van der Waals surface area contributed by atoms with E-state index in [1.54, 1.807) is 0 Å². The van der Waals surface area contributed by atoms with Gasteiger partial charge >= 0.3 is 6.09 Å². The zero-order chi connectivity index (χ0) is 11.7. The molecule has 1 amide bonds. The van der Waals surface area contributed by atoms with Gasteiger partial charge in [0.15, 0.2) is 0 Å². The normalized spacial score (nSPS) is 11.2. The lowest BCUT2D eigenvalue weighted by Crippen LogP contribution is -2.34. The highest BCUT2D eigenvalue weighted by Gasteiger charge is 2.15. The van der Waals surface area contributed by atoms with Crippen LogP contribution in [0.3, 0.4) is 0 Å². The van der Waals surface area contributed by atoms with E-state index in [2.05, 4.69) is 10.2 Å². The second-order valence-corrected chi connectivity index (χ2v) is 3.91. The number of alkyl carbamates (subject to hydrolysis) is 1. The van der Waals surface area contributed by atoms with Gasteiger partial charge in [-0.05, 0) is 20.8 Å². The monoisotopic (exact) mass is 220 g/mol. The summed E-state index contributed by atoms with van der Waals surface area (Å²) in [7, 11) is 0. The van der Waals surface area contributed by atoms with Crippen LogP contribution >= 0.6 is 0 Å². The number of hydrogen-bond donors (Lipinski definition) is 2. The first-order valence-corrected chi connectivity index (χ1v) is 4.82. The third-order valence-electron chi connectivity index (χ3n) is 1.26. The van der Waals surface area contributed by atoms with Gasteiger partial charge in [0.2, 0.25) is 0 Å². The van der Waals surface area contributed by atoms with Gasteiger partial charge in [0, 0.05) is 6.54 Å². The molecule has 6 nitrogen and oxygen atoms in total. The maximum absolute atomic E-state index is 11.1. The largest absolute Gasteiger partial charge is 0.444 e. The van der Waals surface area contributed by atoms with Gasteiger partial charge in [-0.15, -0.1) is 0 Å². The Labute approximate surface area is 90.0 Å². The van der Waals surface area contributed by atoms with Crippen molar-refractivity contribution in [3.8, 4) is 0 Å². The van der Waals surface area contributed by atoms with E-state index >= 15 is 0 Å². The van der Waals surface area contributed by atoms with Crippen LogP contribution in [0.1, 0.15) is 20.8 Å². The standard InChI is InChI=1S/C9H20N2O4/c1-9(2,3)15-8(12)11-4-5-13-6-7-14-10/h4-7,10H2,1-3H3,(H,11,12). The molecule has 0 saturated heterocycles. The number of carbonyl (C=O) groups excluding carboxylic acids is 1. The van der Waals surface area contributed by atoms with E-state index in [9.17, 15) is 4.79 Å². The van der Waals surface area contributed by atoms with Crippen molar-refractivity contribution in [2.45, 2.75) is 26.4 Å². The summed E-state index contributed by atoms with van der Waals surface area (Å²) in [4.78, 5) is 15.4. The number of nitrogens with two attached hydrogens (primary N) is 1. The third kappa shape index (κ3) is 11.1. The number of rotatable bonds is 6. The highest BCUT2D eigenvalue weighted by atomic mass is 16.6. The molecule has 0 atom stereocenters. The van der Waals surface area contributed by atoms with Gasteiger partial charge in [-0.3, -0.25) is 0 Å². The highest BCUT2D eigenvalue weighted by molar-refractivity contribution is 5.67. The van der Waals surface area contributed by atoms with Crippen LogP contribution in [0.4, 0.5) is 4.79 Å². The molecule has 0 saturated carbocycles. The average Bonchev–Trinajstić information content (AvgIpc) is 2.08. The van der Waals surface area contributed by atoms with Gasteiger partial charge in [-0.25, -0.2) is 10.7 Å². The zero-order valence-electron chi connectivity index (χ0n) is 9.54. The SMILES string of the molecule is CC(C)(C)OC(=O)NCCOCCON. The van der Waals surface area contributed by atoms with Crippen molar-refractivity contribution in [2.24, 2.45) is 5.90 Å². The van der Waals surface area contributed by atoms with Crippen molar-refractivity contribution >= 4 is 6.09 Å². The summed E-state index contributed by atoms with van der Waals surface area (Å²) in [6, 6.07) is 0. The van der Waals surface area contributed by atoms with Gasteiger partial charge in [0.1, 0.15) is 5.60 Å². The Morgan fingerprint density at radius 1 is 1.27 bits per heavy atom. The van der Waals surface area contributed by atoms with E-state index < -0.39 is 11.7 Å². The molecule has 0 unspecified atom stereocenters. The maximum atomic E-state index is 11.1. The van der Waals surface area contributed by atoms with E-state index in [4.69, 9.17) is 15.4 Å². The molecule has 0 aliphatic rings. The summed E-state index contributed by atoms with van der Waals surface area (Å²) in [6.45, 7) is 6.98. The summed E-state index contributed by atoms with van der Waals surface area (Å²) in [5.41, 5.74) is -0.474. The van der Waals surface area contributed by atoms with Crippen LogP contribution in [0.2, 0.25) is 0 Å². The minimum atomic E-state index is -0.474. The molecule has 0 aromatic carbocycles. The molecule has 90 valence electrons. The Morgan fingerprint density at radius 2 is 1.93 bits per heavy atom. The van der Waals surface area contributed by atoms with Crippen LogP contribution in [0.15, 0.2) is 0 Å². The van der Waals surface area contributed by atoms with Gasteiger partial charge < -0.3 is 19.6 Å². The fourth-order valence-corrected chi connectivity index (χ4v) is 0.749. The molecule has 15 heavy (non-hydrogen) atoms. The lowest BCUT2D eigenvalue weighted by Gasteiger charge is -2.19. The Morgan fingerprint density at radius 3 is 2.47 bits per heavy atom. The Balaban J connectivity index is 3.32. The van der Waals surface area contributed by atoms with Crippen LogP contribution in [-0.4, -0.2) is 38.1 Å². The molecule has 0 rings (SSSR count). The molecule has 3 N–H and O–H groups in total. The molecule has 0 aliphatic carbocycles. The Hall–Kier alpha value is -0.850. The number of carbonyl (C=O) groups is 1. The molecule has 0 bridgehead atoms.